The minimum absolute atomic E-state index is 0.00285. The third-order valence-electron chi connectivity index (χ3n) is 8.10. The van der Waals surface area contributed by atoms with Crippen LogP contribution in [0.2, 0.25) is 0 Å². The molecule has 3 aliphatic carbocycles. The zero-order valence-electron chi connectivity index (χ0n) is 18.2. The van der Waals surface area contributed by atoms with Gasteiger partial charge in [0.1, 0.15) is 0 Å². The molecule has 0 aromatic heterocycles. The molecular weight excluding hydrogens is 428 g/mol. The molecular formula is C24H26N2O7. The molecule has 4 fully saturated rings. The van der Waals surface area contributed by atoms with Crippen LogP contribution in [-0.4, -0.2) is 46.0 Å². The Balaban J connectivity index is 1.12. The largest absolute Gasteiger partial charge is 0.457 e. The van der Waals surface area contributed by atoms with E-state index in [0.717, 1.165) is 19.3 Å². The standard InChI is InChI=1S/C24H26N2O7/c27-19(13-3-9-18(10-4-13)26(31)32)12-33-24(30)14-5-7-17(8-6-14)25-22(28)20-15-1-2-16(11-15)21(20)23(25)29/h3-4,9-10,14-17,20-21H,1-2,5-8,11-12H2/t14?,15-,16-,17?,20+,21+/m0/s1. The molecule has 33 heavy (non-hydrogen) atoms. The van der Waals surface area contributed by atoms with Crippen molar-refractivity contribution in [1.82, 2.24) is 4.90 Å². The summed E-state index contributed by atoms with van der Waals surface area (Å²) in [6.45, 7) is -0.425. The highest BCUT2D eigenvalue weighted by atomic mass is 16.6. The lowest BCUT2D eigenvalue weighted by atomic mass is 9.81. The molecule has 1 heterocycles. The second kappa shape index (κ2) is 8.35. The van der Waals surface area contributed by atoms with Gasteiger partial charge >= 0.3 is 5.97 Å². The summed E-state index contributed by atoms with van der Waals surface area (Å²) in [6, 6.07) is 4.99. The summed E-state index contributed by atoms with van der Waals surface area (Å²) in [5.74, 6) is -0.779. The van der Waals surface area contributed by atoms with Gasteiger partial charge in [-0.3, -0.25) is 34.2 Å². The number of nitro groups is 1. The Morgan fingerprint density at radius 1 is 0.939 bits per heavy atom. The maximum Gasteiger partial charge on any atom is 0.309 e. The van der Waals surface area contributed by atoms with E-state index in [4.69, 9.17) is 4.74 Å². The van der Waals surface area contributed by atoms with Crippen LogP contribution >= 0.6 is 0 Å². The molecule has 0 N–H and O–H groups in total. The second-order valence-electron chi connectivity index (χ2n) is 9.77. The van der Waals surface area contributed by atoms with Crippen LogP contribution in [0.15, 0.2) is 24.3 Å². The summed E-state index contributed by atoms with van der Waals surface area (Å²) in [7, 11) is 0. The number of esters is 1. The number of rotatable bonds is 6. The van der Waals surface area contributed by atoms with Gasteiger partial charge in [-0.2, -0.15) is 0 Å². The molecule has 1 aromatic rings. The van der Waals surface area contributed by atoms with Crippen LogP contribution in [0.4, 0.5) is 5.69 Å². The van der Waals surface area contributed by atoms with Crippen LogP contribution in [-0.2, 0) is 19.1 Å². The van der Waals surface area contributed by atoms with Gasteiger partial charge in [0.05, 0.1) is 22.7 Å². The van der Waals surface area contributed by atoms with Gasteiger partial charge in [0.25, 0.3) is 5.69 Å². The fraction of sp³-hybridized carbons (Fsp3) is 0.583. The Bertz CT molecular complexity index is 984. The highest BCUT2D eigenvalue weighted by Gasteiger charge is 2.61. The minimum Gasteiger partial charge on any atom is -0.457 e. The molecule has 174 valence electrons. The molecule has 0 spiro atoms. The van der Waals surface area contributed by atoms with E-state index in [1.54, 1.807) is 0 Å². The Morgan fingerprint density at radius 2 is 1.52 bits per heavy atom. The van der Waals surface area contributed by atoms with Crippen LogP contribution in [0, 0.1) is 39.7 Å². The number of nitro benzene ring substituents is 1. The molecule has 0 radical (unpaired) electrons. The molecule has 2 bridgehead atoms. The summed E-state index contributed by atoms with van der Waals surface area (Å²) >= 11 is 0. The number of benzene rings is 1. The van der Waals surface area contributed by atoms with E-state index in [9.17, 15) is 29.3 Å². The van der Waals surface area contributed by atoms with Gasteiger partial charge in [-0.25, -0.2) is 0 Å². The number of ketones is 1. The number of non-ortho nitro benzene ring substituents is 1. The van der Waals surface area contributed by atoms with Gasteiger partial charge in [-0.05, 0) is 68.9 Å². The number of likely N-dealkylation sites (tertiary alicyclic amines) is 1. The lowest BCUT2D eigenvalue weighted by molar-refractivity contribution is -0.384. The van der Waals surface area contributed by atoms with E-state index >= 15 is 0 Å². The molecule has 9 nitrogen and oxygen atoms in total. The van der Waals surface area contributed by atoms with Crippen LogP contribution in [0.3, 0.4) is 0 Å². The van der Waals surface area contributed by atoms with Crippen molar-refractivity contribution in [3.63, 3.8) is 0 Å². The predicted octanol–water partition coefficient (Wildman–Crippen LogP) is 2.91. The highest BCUT2D eigenvalue weighted by Crippen LogP contribution is 2.56. The summed E-state index contributed by atoms with van der Waals surface area (Å²) in [5.41, 5.74) is 0.120. The van der Waals surface area contributed by atoms with Crippen LogP contribution in [0.5, 0.6) is 0 Å². The van der Waals surface area contributed by atoms with Crippen molar-refractivity contribution in [3.05, 3.63) is 39.9 Å². The number of carbonyl (C=O) groups is 4. The minimum atomic E-state index is -0.551. The molecule has 4 aliphatic rings. The summed E-state index contributed by atoms with van der Waals surface area (Å²) in [5, 5.41) is 10.7. The van der Waals surface area contributed by atoms with Gasteiger partial charge in [0.2, 0.25) is 11.8 Å². The van der Waals surface area contributed by atoms with Gasteiger partial charge in [-0.1, -0.05) is 0 Å². The smallest absolute Gasteiger partial charge is 0.309 e. The molecule has 4 atom stereocenters. The van der Waals surface area contributed by atoms with Gasteiger partial charge in [-0.15, -0.1) is 0 Å². The van der Waals surface area contributed by atoms with Crippen molar-refractivity contribution in [3.8, 4) is 0 Å². The molecule has 5 rings (SSSR count). The van der Waals surface area contributed by atoms with E-state index < -0.39 is 23.3 Å². The van der Waals surface area contributed by atoms with E-state index in [1.165, 1.54) is 29.2 Å². The van der Waals surface area contributed by atoms with Crippen molar-refractivity contribution in [1.29, 1.82) is 0 Å². The number of carbonyl (C=O) groups excluding carboxylic acids is 4. The quantitative estimate of drug-likeness (QED) is 0.213. The average Bonchev–Trinajstić information content (AvgIpc) is 3.51. The first-order valence-corrected chi connectivity index (χ1v) is 11.7. The molecule has 1 aromatic carbocycles. The SMILES string of the molecule is O=C(COC(=O)C1CCC(N2C(=O)[C@@H]3[C@H]4CC[C@@H](C4)[C@H]3C2=O)CC1)c1ccc([N+](=O)[O-])cc1. The fourth-order valence-corrected chi connectivity index (χ4v) is 6.47. The first-order chi connectivity index (χ1) is 15.8. The normalized spacial score (nSPS) is 32.7. The number of fused-ring (bicyclic) bond motifs is 5. The number of imide groups is 1. The molecule has 0 unspecified atom stereocenters. The molecule has 2 amide bonds. The zero-order chi connectivity index (χ0) is 23.3. The maximum absolute atomic E-state index is 13.0. The van der Waals surface area contributed by atoms with Gasteiger partial charge in [0, 0.05) is 23.7 Å². The first-order valence-electron chi connectivity index (χ1n) is 11.7. The van der Waals surface area contributed by atoms with Crippen LogP contribution in [0.1, 0.15) is 55.3 Å². The number of hydrogen-bond acceptors (Lipinski definition) is 7. The topological polar surface area (TPSA) is 124 Å². The number of hydrogen-bond donors (Lipinski definition) is 0. The Morgan fingerprint density at radius 3 is 2.06 bits per heavy atom. The van der Waals surface area contributed by atoms with Crippen LogP contribution in [0.25, 0.3) is 0 Å². The second-order valence-corrected chi connectivity index (χ2v) is 9.77. The molecule has 9 heteroatoms. The average molecular weight is 454 g/mol. The van der Waals surface area contributed by atoms with Crippen molar-refractivity contribution in [2.75, 3.05) is 6.61 Å². The molecule has 3 saturated carbocycles. The Hall–Kier alpha value is -3.10. The highest BCUT2D eigenvalue weighted by molar-refractivity contribution is 6.06. The monoisotopic (exact) mass is 454 g/mol. The van der Waals surface area contributed by atoms with E-state index in [1.807, 2.05) is 0 Å². The fourth-order valence-electron chi connectivity index (χ4n) is 6.47. The van der Waals surface area contributed by atoms with E-state index in [0.29, 0.717) is 37.5 Å². The first kappa shape index (κ1) is 21.7. The Kier molecular flexibility index (Phi) is 5.50. The van der Waals surface area contributed by atoms with Crippen LogP contribution < -0.4 is 0 Å². The summed E-state index contributed by atoms with van der Waals surface area (Å²) in [4.78, 5) is 62.4. The lowest BCUT2D eigenvalue weighted by Crippen LogP contribution is -2.44. The van der Waals surface area contributed by atoms with Crippen molar-refractivity contribution >= 4 is 29.3 Å². The third-order valence-corrected chi connectivity index (χ3v) is 8.10. The number of Topliss-reactive ketones (excluding diaryl/α,β-unsaturated/α-hetero) is 1. The van der Waals surface area contributed by atoms with E-state index in [2.05, 4.69) is 0 Å². The summed E-state index contributed by atoms with van der Waals surface area (Å²) in [6.07, 6.45) is 5.27. The van der Waals surface area contributed by atoms with Crippen molar-refractivity contribution < 1.29 is 28.8 Å². The third kappa shape index (κ3) is 3.73. The lowest BCUT2D eigenvalue weighted by Gasteiger charge is -2.33. The van der Waals surface area contributed by atoms with E-state index in [-0.39, 0.29) is 46.9 Å². The van der Waals surface area contributed by atoms with Gasteiger partial charge < -0.3 is 4.74 Å². The zero-order valence-corrected chi connectivity index (χ0v) is 18.2. The summed E-state index contributed by atoms with van der Waals surface area (Å²) < 4.78 is 5.21. The number of amides is 2. The van der Waals surface area contributed by atoms with Gasteiger partial charge in [0.15, 0.2) is 12.4 Å². The maximum atomic E-state index is 13.0. The Labute approximate surface area is 190 Å². The molecule has 1 saturated heterocycles. The van der Waals surface area contributed by atoms with Crippen molar-refractivity contribution in [2.45, 2.75) is 51.0 Å². The molecule has 1 aliphatic heterocycles. The number of ether oxygens (including phenoxy) is 1. The predicted molar refractivity (Wildman–Crippen MR) is 114 cm³/mol. The van der Waals surface area contributed by atoms with Crippen molar-refractivity contribution in [2.24, 2.45) is 29.6 Å². The number of nitrogens with zero attached hydrogens (tertiary/aromatic N) is 2.